The lowest BCUT2D eigenvalue weighted by Crippen LogP contribution is -1.93. The highest BCUT2D eigenvalue weighted by Crippen LogP contribution is 2.37. The zero-order chi connectivity index (χ0) is 20.1. The van der Waals surface area contributed by atoms with E-state index in [0.717, 1.165) is 10.7 Å². The van der Waals surface area contributed by atoms with E-state index < -0.39 is 0 Å². The summed E-state index contributed by atoms with van der Waals surface area (Å²) < 4.78 is 2.36. The maximum atomic E-state index is 6.04. The third-order valence-corrected chi connectivity index (χ3v) is 6.12. The monoisotopic (exact) mass is 403 g/mol. The average Bonchev–Trinajstić information content (AvgIpc) is 3.15. The van der Waals surface area contributed by atoms with E-state index in [2.05, 4.69) is 102 Å². The molecule has 1 nitrogen and oxygen atoms in total. The molecule has 5 aromatic carbocycles. The van der Waals surface area contributed by atoms with Crippen LogP contribution in [0.15, 0.2) is 109 Å². The Labute approximate surface area is 179 Å². The average molecular weight is 404 g/mol. The van der Waals surface area contributed by atoms with Crippen LogP contribution in [-0.4, -0.2) is 4.57 Å². The van der Waals surface area contributed by atoms with Crippen LogP contribution >= 0.6 is 11.6 Å². The van der Waals surface area contributed by atoms with Crippen LogP contribution in [0.2, 0.25) is 5.02 Å². The first kappa shape index (κ1) is 17.3. The highest BCUT2D eigenvalue weighted by Gasteiger charge is 2.14. The highest BCUT2D eigenvalue weighted by molar-refractivity contribution is 6.30. The van der Waals surface area contributed by atoms with Crippen molar-refractivity contribution in [1.29, 1.82) is 0 Å². The van der Waals surface area contributed by atoms with Gasteiger partial charge in [0.15, 0.2) is 0 Å². The van der Waals surface area contributed by atoms with Crippen LogP contribution in [0.4, 0.5) is 0 Å². The predicted octanol–water partition coefficient (Wildman–Crippen LogP) is 8.26. The Morgan fingerprint density at radius 3 is 1.90 bits per heavy atom. The predicted molar refractivity (Wildman–Crippen MR) is 129 cm³/mol. The van der Waals surface area contributed by atoms with Crippen molar-refractivity contribution in [3.63, 3.8) is 0 Å². The number of hydrogen-bond acceptors (Lipinski definition) is 0. The Bertz CT molecular complexity index is 1520. The quantitative estimate of drug-likeness (QED) is 0.274. The third-order valence-electron chi connectivity index (χ3n) is 5.87. The lowest BCUT2D eigenvalue weighted by molar-refractivity contribution is 1.18. The lowest BCUT2D eigenvalue weighted by atomic mass is 10.0. The summed E-state index contributed by atoms with van der Waals surface area (Å²) in [7, 11) is 0. The van der Waals surface area contributed by atoms with Crippen molar-refractivity contribution >= 4 is 44.2 Å². The lowest BCUT2D eigenvalue weighted by Gasteiger charge is -2.10. The molecule has 0 N–H and O–H groups in total. The van der Waals surface area contributed by atoms with Gasteiger partial charge in [-0.1, -0.05) is 84.4 Å². The SMILES string of the molecule is Clc1ccc(-c2ccc(-n3c4ccccc4c4c5ccccc5ccc43)cc2)cc1. The van der Waals surface area contributed by atoms with Crippen molar-refractivity contribution in [3.05, 3.63) is 114 Å². The van der Waals surface area contributed by atoms with Gasteiger partial charge in [-0.2, -0.15) is 0 Å². The molecule has 0 unspecified atom stereocenters. The largest absolute Gasteiger partial charge is 0.309 e. The molecule has 0 fully saturated rings. The molecule has 0 bridgehead atoms. The summed E-state index contributed by atoms with van der Waals surface area (Å²) >= 11 is 6.04. The van der Waals surface area contributed by atoms with Gasteiger partial charge in [0.25, 0.3) is 0 Å². The van der Waals surface area contributed by atoms with Crippen LogP contribution in [0, 0.1) is 0 Å². The fourth-order valence-electron chi connectivity index (χ4n) is 4.46. The molecule has 0 radical (unpaired) electrons. The molecule has 0 saturated heterocycles. The maximum Gasteiger partial charge on any atom is 0.0547 e. The van der Waals surface area contributed by atoms with E-state index in [1.165, 1.54) is 43.7 Å². The van der Waals surface area contributed by atoms with Gasteiger partial charge < -0.3 is 4.57 Å². The molecule has 6 rings (SSSR count). The molecule has 6 aromatic rings. The molecule has 0 aliphatic heterocycles. The number of rotatable bonds is 2. The number of aromatic nitrogens is 1. The Morgan fingerprint density at radius 1 is 0.500 bits per heavy atom. The van der Waals surface area contributed by atoms with Gasteiger partial charge in [-0.15, -0.1) is 0 Å². The maximum absolute atomic E-state index is 6.04. The summed E-state index contributed by atoms with van der Waals surface area (Å²) in [6.07, 6.45) is 0. The van der Waals surface area contributed by atoms with Crippen LogP contribution in [-0.2, 0) is 0 Å². The van der Waals surface area contributed by atoms with Crippen molar-refractivity contribution in [1.82, 2.24) is 4.57 Å². The molecule has 0 amide bonds. The fourth-order valence-corrected chi connectivity index (χ4v) is 4.59. The van der Waals surface area contributed by atoms with Gasteiger partial charge >= 0.3 is 0 Å². The molecule has 1 aromatic heterocycles. The van der Waals surface area contributed by atoms with Gasteiger partial charge in [-0.05, 0) is 58.3 Å². The zero-order valence-electron chi connectivity index (χ0n) is 16.2. The van der Waals surface area contributed by atoms with Gasteiger partial charge in [0.05, 0.1) is 11.0 Å². The summed E-state index contributed by atoms with van der Waals surface area (Å²) in [6, 6.07) is 38.5. The van der Waals surface area contributed by atoms with Crippen LogP contribution < -0.4 is 0 Å². The van der Waals surface area contributed by atoms with E-state index in [1.807, 2.05) is 12.1 Å². The Kier molecular flexibility index (Phi) is 3.90. The molecule has 30 heavy (non-hydrogen) atoms. The molecule has 1 heterocycles. The van der Waals surface area contributed by atoms with Crippen molar-refractivity contribution < 1.29 is 0 Å². The van der Waals surface area contributed by atoms with Crippen LogP contribution in [0.1, 0.15) is 0 Å². The van der Waals surface area contributed by atoms with Gasteiger partial charge in [-0.3, -0.25) is 0 Å². The first-order valence-electron chi connectivity index (χ1n) is 10.1. The molecule has 0 aliphatic carbocycles. The third kappa shape index (κ3) is 2.63. The molecule has 0 saturated carbocycles. The Hall–Kier alpha value is -3.55. The zero-order valence-corrected chi connectivity index (χ0v) is 17.0. The minimum absolute atomic E-state index is 0.757. The molecule has 0 atom stereocenters. The molecular weight excluding hydrogens is 386 g/mol. The van der Waals surface area contributed by atoms with E-state index in [4.69, 9.17) is 11.6 Å². The van der Waals surface area contributed by atoms with Crippen molar-refractivity contribution in [2.75, 3.05) is 0 Å². The second kappa shape index (κ2) is 6.76. The highest BCUT2D eigenvalue weighted by atomic mass is 35.5. The smallest absolute Gasteiger partial charge is 0.0547 e. The second-order valence-corrected chi connectivity index (χ2v) is 8.02. The number of fused-ring (bicyclic) bond motifs is 5. The first-order valence-corrected chi connectivity index (χ1v) is 10.4. The summed E-state index contributed by atoms with van der Waals surface area (Å²) in [5, 5.41) is 5.91. The topological polar surface area (TPSA) is 4.93 Å². The number of halogens is 1. The summed E-state index contributed by atoms with van der Waals surface area (Å²) in [4.78, 5) is 0. The summed E-state index contributed by atoms with van der Waals surface area (Å²) in [5.41, 5.74) is 5.97. The van der Waals surface area contributed by atoms with E-state index >= 15 is 0 Å². The fraction of sp³-hybridized carbons (Fsp3) is 0. The minimum atomic E-state index is 0.757. The molecular formula is C28H18ClN. The van der Waals surface area contributed by atoms with Crippen LogP contribution in [0.25, 0.3) is 49.4 Å². The van der Waals surface area contributed by atoms with Gasteiger partial charge in [0.1, 0.15) is 0 Å². The van der Waals surface area contributed by atoms with E-state index in [0.29, 0.717) is 0 Å². The van der Waals surface area contributed by atoms with Crippen molar-refractivity contribution in [3.8, 4) is 16.8 Å². The second-order valence-electron chi connectivity index (χ2n) is 7.59. The minimum Gasteiger partial charge on any atom is -0.309 e. The number of para-hydroxylation sites is 1. The van der Waals surface area contributed by atoms with Gasteiger partial charge in [0, 0.05) is 21.5 Å². The van der Waals surface area contributed by atoms with Gasteiger partial charge in [-0.25, -0.2) is 0 Å². The summed E-state index contributed by atoms with van der Waals surface area (Å²) in [6.45, 7) is 0. The molecule has 0 aliphatic rings. The molecule has 2 heteroatoms. The normalized spacial score (nSPS) is 11.5. The molecule has 0 spiro atoms. The first-order chi connectivity index (χ1) is 14.8. The number of benzene rings is 5. The number of hydrogen-bond donors (Lipinski definition) is 0. The van der Waals surface area contributed by atoms with Crippen LogP contribution in [0.3, 0.4) is 0 Å². The van der Waals surface area contributed by atoms with E-state index in [-0.39, 0.29) is 0 Å². The van der Waals surface area contributed by atoms with Crippen LogP contribution in [0.5, 0.6) is 0 Å². The van der Waals surface area contributed by atoms with Crippen molar-refractivity contribution in [2.45, 2.75) is 0 Å². The van der Waals surface area contributed by atoms with E-state index in [9.17, 15) is 0 Å². The number of nitrogens with zero attached hydrogens (tertiary/aromatic N) is 1. The Balaban J connectivity index is 1.60. The standard InChI is InChI=1S/C28H18ClN/c29-22-14-9-19(10-15-22)20-11-16-23(17-12-20)30-26-8-4-3-7-25(26)28-24-6-2-1-5-21(24)13-18-27(28)30/h1-18H. The Morgan fingerprint density at radius 2 is 1.13 bits per heavy atom. The van der Waals surface area contributed by atoms with Crippen molar-refractivity contribution in [2.24, 2.45) is 0 Å². The summed E-state index contributed by atoms with van der Waals surface area (Å²) in [5.74, 6) is 0. The van der Waals surface area contributed by atoms with E-state index in [1.54, 1.807) is 0 Å². The van der Waals surface area contributed by atoms with Gasteiger partial charge in [0.2, 0.25) is 0 Å². The molecule has 142 valence electrons.